The van der Waals surface area contributed by atoms with Crippen LogP contribution in [0.3, 0.4) is 0 Å². The molecule has 3 rings (SSSR count). The second-order valence-corrected chi connectivity index (χ2v) is 3.28. The van der Waals surface area contributed by atoms with Gasteiger partial charge in [-0.1, -0.05) is 0 Å². The second kappa shape index (κ2) is 2.49. The molecule has 1 aliphatic heterocycles. The van der Waals surface area contributed by atoms with E-state index in [2.05, 4.69) is 11.1 Å². The molecule has 0 aliphatic carbocycles. The highest BCUT2D eigenvalue weighted by Gasteiger charge is 2.14. The summed E-state index contributed by atoms with van der Waals surface area (Å²) in [6.45, 7) is 0.819. The van der Waals surface area contributed by atoms with Crippen LogP contribution >= 0.6 is 0 Å². The van der Waals surface area contributed by atoms with Gasteiger partial charge in [0.05, 0.1) is 6.61 Å². The fourth-order valence-electron chi connectivity index (χ4n) is 1.79. The molecule has 0 aromatic carbocycles. The van der Waals surface area contributed by atoms with Crippen LogP contribution in [0.4, 0.5) is 0 Å². The number of hydrogen-bond acceptors (Lipinski definition) is 2. The van der Waals surface area contributed by atoms with E-state index in [1.165, 1.54) is 5.56 Å². The van der Waals surface area contributed by atoms with Crippen LogP contribution in [0.15, 0.2) is 24.7 Å². The summed E-state index contributed by atoms with van der Waals surface area (Å²) in [5.74, 6) is 0.971. The number of rotatable bonds is 0. The van der Waals surface area contributed by atoms with E-state index in [-0.39, 0.29) is 0 Å². The lowest BCUT2D eigenvalue weighted by Gasteiger charge is -2.17. The SMILES string of the molecule is c1cn2ccc3c(c2n1)OCCC3. The first-order chi connectivity index (χ1) is 6.45. The molecule has 0 radical (unpaired) electrons. The molecule has 3 nitrogen and oxygen atoms in total. The third kappa shape index (κ3) is 0.932. The van der Waals surface area contributed by atoms with Crippen molar-refractivity contribution < 1.29 is 4.74 Å². The summed E-state index contributed by atoms with van der Waals surface area (Å²) in [5.41, 5.74) is 2.22. The monoisotopic (exact) mass is 174 g/mol. The van der Waals surface area contributed by atoms with Gasteiger partial charge in [0.1, 0.15) is 0 Å². The van der Waals surface area contributed by atoms with Crippen molar-refractivity contribution in [1.82, 2.24) is 9.38 Å². The van der Waals surface area contributed by atoms with Gasteiger partial charge in [0.15, 0.2) is 11.4 Å². The first kappa shape index (κ1) is 6.95. The van der Waals surface area contributed by atoms with Crippen LogP contribution in [0.1, 0.15) is 12.0 Å². The summed E-state index contributed by atoms with van der Waals surface area (Å²) in [4.78, 5) is 4.27. The number of aromatic nitrogens is 2. The average molecular weight is 174 g/mol. The fourth-order valence-corrected chi connectivity index (χ4v) is 1.79. The van der Waals surface area contributed by atoms with E-state index in [0.717, 1.165) is 30.8 Å². The smallest absolute Gasteiger partial charge is 0.179 e. The lowest BCUT2D eigenvalue weighted by atomic mass is 10.1. The highest BCUT2D eigenvalue weighted by Crippen LogP contribution is 2.28. The molecule has 0 atom stereocenters. The predicted octanol–water partition coefficient (Wildman–Crippen LogP) is 1.66. The molecule has 2 aromatic rings. The van der Waals surface area contributed by atoms with Crippen LogP contribution < -0.4 is 4.74 Å². The van der Waals surface area contributed by atoms with E-state index in [4.69, 9.17) is 4.74 Å². The number of ether oxygens (including phenoxy) is 1. The molecule has 0 saturated heterocycles. The number of nitrogens with zero attached hydrogens (tertiary/aromatic N) is 2. The van der Waals surface area contributed by atoms with Gasteiger partial charge in [-0.15, -0.1) is 0 Å². The molecule has 3 heteroatoms. The maximum Gasteiger partial charge on any atom is 0.179 e. The minimum absolute atomic E-state index is 0.819. The second-order valence-electron chi connectivity index (χ2n) is 3.28. The quantitative estimate of drug-likeness (QED) is 0.607. The lowest BCUT2D eigenvalue weighted by Crippen LogP contribution is -2.09. The van der Waals surface area contributed by atoms with Crippen LogP contribution in [0.25, 0.3) is 5.65 Å². The Labute approximate surface area is 76.0 Å². The van der Waals surface area contributed by atoms with Gasteiger partial charge in [-0.25, -0.2) is 4.98 Å². The van der Waals surface area contributed by atoms with Gasteiger partial charge in [0, 0.05) is 18.6 Å². The van der Waals surface area contributed by atoms with Crippen molar-refractivity contribution in [2.75, 3.05) is 6.61 Å². The van der Waals surface area contributed by atoms with Crippen molar-refractivity contribution in [3.8, 4) is 5.75 Å². The van der Waals surface area contributed by atoms with Gasteiger partial charge in [0.2, 0.25) is 0 Å². The van der Waals surface area contributed by atoms with E-state index >= 15 is 0 Å². The summed E-state index contributed by atoms with van der Waals surface area (Å²) in [5, 5.41) is 0. The average Bonchev–Trinajstić information content (AvgIpc) is 2.65. The Morgan fingerprint density at radius 2 is 2.38 bits per heavy atom. The molecule has 0 bridgehead atoms. The fraction of sp³-hybridized carbons (Fsp3) is 0.300. The first-order valence-corrected chi connectivity index (χ1v) is 4.52. The molecule has 0 N–H and O–H groups in total. The van der Waals surface area contributed by atoms with Crippen molar-refractivity contribution in [3.05, 3.63) is 30.2 Å². The van der Waals surface area contributed by atoms with E-state index in [0.29, 0.717) is 0 Å². The molecule has 0 spiro atoms. The van der Waals surface area contributed by atoms with Gasteiger partial charge in [-0.05, 0) is 24.5 Å². The Kier molecular flexibility index (Phi) is 1.33. The molecule has 1 aliphatic rings. The molecule has 0 saturated carbocycles. The number of aryl methyl sites for hydroxylation is 1. The van der Waals surface area contributed by atoms with Crippen LogP contribution in [-0.2, 0) is 6.42 Å². The summed E-state index contributed by atoms with van der Waals surface area (Å²) in [7, 11) is 0. The van der Waals surface area contributed by atoms with Crippen molar-refractivity contribution in [2.24, 2.45) is 0 Å². The van der Waals surface area contributed by atoms with E-state index in [9.17, 15) is 0 Å². The molecule has 0 unspecified atom stereocenters. The Balaban J connectivity index is 2.34. The van der Waals surface area contributed by atoms with Crippen LogP contribution in [0.2, 0.25) is 0 Å². The molecule has 0 amide bonds. The summed E-state index contributed by atoms with van der Waals surface area (Å²) in [6.07, 6.45) is 8.00. The molecular weight excluding hydrogens is 164 g/mol. The minimum Gasteiger partial charge on any atom is -0.489 e. The summed E-state index contributed by atoms with van der Waals surface area (Å²) < 4.78 is 7.60. The topological polar surface area (TPSA) is 26.5 Å². The van der Waals surface area contributed by atoms with E-state index in [1.54, 1.807) is 6.20 Å². The standard InChI is InChI=1S/C10H10N2O/c1-2-8-3-5-12-6-4-11-10(12)9(8)13-7-1/h3-6H,1-2,7H2. The molecule has 13 heavy (non-hydrogen) atoms. The number of fused-ring (bicyclic) bond motifs is 3. The van der Waals surface area contributed by atoms with Crippen LogP contribution in [-0.4, -0.2) is 16.0 Å². The Morgan fingerprint density at radius 1 is 1.38 bits per heavy atom. The zero-order valence-electron chi connectivity index (χ0n) is 7.23. The maximum atomic E-state index is 5.61. The normalized spacial score (nSPS) is 15.4. The first-order valence-electron chi connectivity index (χ1n) is 4.52. The van der Waals surface area contributed by atoms with Crippen molar-refractivity contribution >= 4 is 5.65 Å². The van der Waals surface area contributed by atoms with Gasteiger partial charge in [-0.2, -0.15) is 0 Å². The van der Waals surface area contributed by atoms with E-state index < -0.39 is 0 Å². The minimum atomic E-state index is 0.819. The van der Waals surface area contributed by atoms with Gasteiger partial charge >= 0.3 is 0 Å². The molecule has 2 aromatic heterocycles. The van der Waals surface area contributed by atoms with Crippen molar-refractivity contribution in [3.63, 3.8) is 0 Å². The Bertz CT molecular complexity index is 447. The van der Waals surface area contributed by atoms with Gasteiger partial charge in [0.25, 0.3) is 0 Å². The Morgan fingerprint density at radius 3 is 3.38 bits per heavy atom. The third-order valence-electron chi connectivity index (χ3n) is 2.44. The van der Waals surface area contributed by atoms with Crippen molar-refractivity contribution in [2.45, 2.75) is 12.8 Å². The summed E-state index contributed by atoms with van der Waals surface area (Å²) >= 11 is 0. The van der Waals surface area contributed by atoms with Gasteiger partial charge in [-0.3, -0.25) is 0 Å². The highest BCUT2D eigenvalue weighted by molar-refractivity contribution is 5.58. The number of hydrogen-bond donors (Lipinski definition) is 0. The largest absolute Gasteiger partial charge is 0.489 e. The lowest BCUT2D eigenvalue weighted by molar-refractivity contribution is 0.290. The third-order valence-corrected chi connectivity index (χ3v) is 2.44. The van der Waals surface area contributed by atoms with Gasteiger partial charge < -0.3 is 9.14 Å². The molecule has 3 heterocycles. The number of imidazole rings is 1. The highest BCUT2D eigenvalue weighted by atomic mass is 16.5. The maximum absolute atomic E-state index is 5.61. The molecule has 66 valence electrons. The molecule has 0 fully saturated rings. The molecular formula is C10H10N2O. The predicted molar refractivity (Wildman–Crippen MR) is 49.0 cm³/mol. The summed E-state index contributed by atoms with van der Waals surface area (Å²) in [6, 6.07) is 2.11. The number of pyridine rings is 1. The van der Waals surface area contributed by atoms with Crippen molar-refractivity contribution in [1.29, 1.82) is 0 Å². The Hall–Kier alpha value is -1.51. The zero-order valence-corrected chi connectivity index (χ0v) is 7.23. The van der Waals surface area contributed by atoms with Crippen LogP contribution in [0, 0.1) is 0 Å². The van der Waals surface area contributed by atoms with E-state index in [1.807, 2.05) is 16.8 Å². The van der Waals surface area contributed by atoms with Crippen LogP contribution in [0.5, 0.6) is 5.75 Å². The zero-order chi connectivity index (χ0) is 8.67.